The lowest BCUT2D eigenvalue weighted by Crippen LogP contribution is -2.02. The number of thioether (sulfide) groups is 1. The summed E-state index contributed by atoms with van der Waals surface area (Å²) in [5.41, 5.74) is 0.0976. The topological polar surface area (TPSA) is 63.4 Å². The van der Waals surface area contributed by atoms with Gasteiger partial charge in [-0.15, -0.1) is 11.8 Å². The quantitative estimate of drug-likeness (QED) is 0.397. The number of rotatable bonds is 4. The largest absolute Gasteiger partial charge is 0.395 e. The van der Waals surface area contributed by atoms with E-state index in [9.17, 15) is 10.1 Å². The summed E-state index contributed by atoms with van der Waals surface area (Å²) in [5, 5.41) is 19.5. The summed E-state index contributed by atoms with van der Waals surface area (Å²) in [5.74, 6) is 0. The minimum absolute atomic E-state index is 0.0950. The average Bonchev–Trinajstić information content (AvgIpc) is 2.20. The van der Waals surface area contributed by atoms with Crippen molar-refractivity contribution < 1.29 is 10.0 Å². The van der Waals surface area contributed by atoms with Gasteiger partial charge in [-0.2, -0.15) is 0 Å². The molecule has 15 heavy (non-hydrogen) atoms. The molecule has 0 fully saturated rings. The molecule has 1 aromatic carbocycles. The van der Waals surface area contributed by atoms with Crippen LogP contribution >= 0.6 is 34.4 Å². The van der Waals surface area contributed by atoms with Gasteiger partial charge in [-0.25, -0.2) is 0 Å². The molecule has 4 nitrogen and oxygen atoms in total. The van der Waals surface area contributed by atoms with E-state index in [-0.39, 0.29) is 17.5 Å². The zero-order chi connectivity index (χ0) is 11.4. The first-order valence-electron chi connectivity index (χ1n) is 4.26. The van der Waals surface area contributed by atoms with E-state index in [2.05, 4.69) is 22.6 Å². The zero-order valence-corrected chi connectivity index (χ0v) is 11.0. The molecule has 1 N–H and O–H groups in total. The molecule has 0 saturated carbocycles. The molecule has 0 heterocycles. The first-order chi connectivity index (χ1) is 7.04. The van der Waals surface area contributed by atoms with Gasteiger partial charge in [0.15, 0.2) is 0 Å². The number of hydrogen-bond acceptors (Lipinski definition) is 4. The van der Waals surface area contributed by atoms with Crippen LogP contribution < -0.4 is 0 Å². The van der Waals surface area contributed by atoms with Crippen LogP contribution in [-0.4, -0.2) is 21.9 Å². The van der Waals surface area contributed by atoms with Crippen LogP contribution in [0, 0.1) is 13.7 Å². The molecule has 0 radical (unpaired) electrons. The minimum Gasteiger partial charge on any atom is -0.395 e. The van der Waals surface area contributed by atoms with Gasteiger partial charge in [-0.3, -0.25) is 10.1 Å². The molecule has 6 heteroatoms. The fourth-order valence-corrected chi connectivity index (χ4v) is 2.66. The molecule has 1 aromatic rings. The predicted octanol–water partition coefficient (Wildman–Crippen LogP) is 2.67. The molecular weight excluding hydrogens is 329 g/mol. The van der Waals surface area contributed by atoms with Crippen molar-refractivity contribution in [3.63, 3.8) is 0 Å². The van der Waals surface area contributed by atoms with Crippen LogP contribution in [0.3, 0.4) is 0 Å². The highest BCUT2D eigenvalue weighted by Crippen LogP contribution is 2.30. The molecule has 0 aromatic heterocycles. The highest BCUT2D eigenvalue weighted by molar-refractivity contribution is 14.1. The van der Waals surface area contributed by atoms with Gasteiger partial charge in [0.2, 0.25) is 0 Å². The normalized spacial score (nSPS) is 12.5. The van der Waals surface area contributed by atoms with Gasteiger partial charge in [0, 0.05) is 25.8 Å². The lowest BCUT2D eigenvalue weighted by Gasteiger charge is -2.08. The zero-order valence-electron chi connectivity index (χ0n) is 8.01. The van der Waals surface area contributed by atoms with Crippen molar-refractivity contribution >= 4 is 40.0 Å². The molecule has 1 rings (SSSR count). The van der Waals surface area contributed by atoms with Crippen molar-refractivity contribution in [2.24, 2.45) is 0 Å². The third-order valence-electron chi connectivity index (χ3n) is 1.71. The Hall–Kier alpha value is -0.340. The molecule has 1 atom stereocenters. The summed E-state index contributed by atoms with van der Waals surface area (Å²) < 4.78 is 0.840. The number of nitro benzene ring substituents is 1. The molecule has 0 aliphatic heterocycles. The van der Waals surface area contributed by atoms with E-state index in [1.165, 1.54) is 23.9 Å². The SMILES string of the molecule is CC(CO)Sc1ccc([N+](=O)[O-])cc1I. The van der Waals surface area contributed by atoms with Crippen molar-refractivity contribution in [1.29, 1.82) is 0 Å². The monoisotopic (exact) mass is 339 g/mol. The lowest BCUT2D eigenvalue weighted by molar-refractivity contribution is -0.385. The number of aliphatic hydroxyl groups is 1. The second kappa shape index (κ2) is 5.66. The van der Waals surface area contributed by atoms with E-state index in [1.54, 1.807) is 6.07 Å². The average molecular weight is 339 g/mol. The summed E-state index contributed by atoms with van der Waals surface area (Å²) >= 11 is 3.57. The predicted molar refractivity (Wildman–Crippen MR) is 68.2 cm³/mol. The van der Waals surface area contributed by atoms with E-state index in [0.29, 0.717) is 0 Å². The van der Waals surface area contributed by atoms with E-state index < -0.39 is 4.92 Å². The van der Waals surface area contributed by atoms with Crippen LogP contribution in [-0.2, 0) is 0 Å². The van der Waals surface area contributed by atoms with E-state index in [4.69, 9.17) is 5.11 Å². The maximum Gasteiger partial charge on any atom is 0.270 e. The molecule has 1 unspecified atom stereocenters. The molecular formula is C9H10INO3S. The molecule has 0 aliphatic carbocycles. The van der Waals surface area contributed by atoms with E-state index in [1.807, 2.05) is 6.92 Å². The van der Waals surface area contributed by atoms with Crippen LogP contribution in [0.15, 0.2) is 23.1 Å². The fraction of sp³-hybridized carbons (Fsp3) is 0.333. The standard InChI is InChI=1S/C9H10INO3S/c1-6(5-12)15-9-3-2-7(11(13)14)4-8(9)10/h2-4,6,12H,5H2,1H3. The van der Waals surface area contributed by atoms with Crippen molar-refractivity contribution in [1.82, 2.24) is 0 Å². The van der Waals surface area contributed by atoms with Crippen LogP contribution in [0.25, 0.3) is 0 Å². The molecule has 0 amide bonds. The number of aliphatic hydroxyl groups excluding tert-OH is 1. The number of benzene rings is 1. The third kappa shape index (κ3) is 3.62. The van der Waals surface area contributed by atoms with Gasteiger partial charge in [0.1, 0.15) is 0 Å². The molecule has 0 spiro atoms. The molecule has 0 aliphatic rings. The Bertz CT molecular complexity index is 372. The smallest absolute Gasteiger partial charge is 0.270 e. The lowest BCUT2D eigenvalue weighted by atomic mass is 10.3. The maximum atomic E-state index is 10.5. The Balaban J connectivity index is 2.88. The molecule has 0 bridgehead atoms. The van der Waals surface area contributed by atoms with Gasteiger partial charge in [-0.05, 0) is 28.7 Å². The highest BCUT2D eigenvalue weighted by Gasteiger charge is 2.11. The van der Waals surface area contributed by atoms with Crippen molar-refractivity contribution in [2.45, 2.75) is 17.1 Å². The van der Waals surface area contributed by atoms with Gasteiger partial charge >= 0.3 is 0 Å². The first kappa shape index (κ1) is 12.7. The molecule has 0 saturated heterocycles. The van der Waals surface area contributed by atoms with Gasteiger partial charge < -0.3 is 5.11 Å². The second-order valence-corrected chi connectivity index (χ2v) is 5.63. The van der Waals surface area contributed by atoms with Crippen molar-refractivity contribution in [3.05, 3.63) is 31.9 Å². The Labute approximate surface area is 105 Å². The van der Waals surface area contributed by atoms with Crippen LogP contribution in [0.1, 0.15) is 6.92 Å². The maximum absolute atomic E-state index is 10.5. The van der Waals surface area contributed by atoms with E-state index in [0.717, 1.165) is 8.47 Å². The summed E-state index contributed by atoms with van der Waals surface area (Å²) in [6.45, 7) is 2.00. The van der Waals surface area contributed by atoms with Gasteiger partial charge in [0.25, 0.3) is 5.69 Å². The molecule has 82 valence electrons. The highest BCUT2D eigenvalue weighted by atomic mass is 127. The summed E-state index contributed by atoms with van der Waals surface area (Å²) in [4.78, 5) is 11.0. The summed E-state index contributed by atoms with van der Waals surface area (Å²) in [6, 6.07) is 4.73. The minimum atomic E-state index is -0.411. The number of halogens is 1. The number of hydrogen-bond donors (Lipinski definition) is 1. The van der Waals surface area contributed by atoms with Crippen molar-refractivity contribution in [2.75, 3.05) is 6.61 Å². The Morgan fingerprint density at radius 2 is 2.33 bits per heavy atom. The number of nitro groups is 1. The summed E-state index contributed by atoms with van der Waals surface area (Å²) in [7, 11) is 0. The number of nitrogens with zero attached hydrogens (tertiary/aromatic N) is 1. The van der Waals surface area contributed by atoms with E-state index >= 15 is 0 Å². The fourth-order valence-electron chi connectivity index (χ4n) is 0.953. The van der Waals surface area contributed by atoms with Crippen LogP contribution in [0.4, 0.5) is 5.69 Å². The Morgan fingerprint density at radius 3 is 2.80 bits per heavy atom. The second-order valence-electron chi connectivity index (χ2n) is 2.98. The number of non-ortho nitro benzene ring substituents is 1. The van der Waals surface area contributed by atoms with Crippen LogP contribution in [0.5, 0.6) is 0 Å². The van der Waals surface area contributed by atoms with Gasteiger partial charge in [-0.1, -0.05) is 6.92 Å². The summed E-state index contributed by atoms with van der Waals surface area (Å²) in [6.07, 6.45) is 0. The first-order valence-corrected chi connectivity index (χ1v) is 6.22. The Morgan fingerprint density at radius 1 is 1.67 bits per heavy atom. The van der Waals surface area contributed by atoms with Crippen molar-refractivity contribution in [3.8, 4) is 0 Å². The third-order valence-corrected chi connectivity index (χ3v) is 4.13. The van der Waals surface area contributed by atoms with Crippen LogP contribution in [0.2, 0.25) is 0 Å². The van der Waals surface area contributed by atoms with Gasteiger partial charge in [0.05, 0.1) is 11.5 Å². The Kier molecular flexibility index (Phi) is 4.81.